The second-order valence-electron chi connectivity index (χ2n) is 7.16. The van der Waals surface area contributed by atoms with E-state index in [4.69, 9.17) is 0 Å². The molecule has 31 heavy (non-hydrogen) atoms. The van der Waals surface area contributed by atoms with E-state index in [0.29, 0.717) is 5.13 Å². The fourth-order valence-electron chi connectivity index (χ4n) is 3.45. The number of amides is 1. The van der Waals surface area contributed by atoms with Gasteiger partial charge in [-0.2, -0.15) is 0 Å². The fraction of sp³-hybridized carbons (Fsp3) is 0.130. The number of benzene rings is 2. The second-order valence-corrected chi connectivity index (χ2v) is 8.01. The predicted molar refractivity (Wildman–Crippen MR) is 122 cm³/mol. The number of nitro groups is 1. The van der Waals surface area contributed by atoms with Gasteiger partial charge in [0.15, 0.2) is 5.13 Å². The predicted octanol–water partition coefficient (Wildman–Crippen LogP) is 5.44. The first kappa shape index (κ1) is 20.5. The Bertz CT molecular complexity index is 1260. The maximum atomic E-state index is 12.5. The molecule has 2 aromatic heterocycles. The maximum absolute atomic E-state index is 12.5. The van der Waals surface area contributed by atoms with E-state index in [9.17, 15) is 14.9 Å². The fourth-order valence-corrected chi connectivity index (χ4v) is 4.16. The Morgan fingerprint density at radius 3 is 2.65 bits per heavy atom. The third-order valence-electron chi connectivity index (χ3n) is 5.08. The third-order valence-corrected chi connectivity index (χ3v) is 5.83. The van der Waals surface area contributed by atoms with E-state index < -0.39 is 10.8 Å². The standard InChI is InChI=1S/C23H20N4O3S/c1-15-11-20(16(2)26(15)13-17-7-4-3-5-8-17)21-14-31-23(24-21)25-22(28)18-9-6-10-19(12-18)27(29)30/h3-12,14H,13H2,1-2H3,(H,24,25,28). The Kier molecular flexibility index (Phi) is 5.64. The lowest BCUT2D eigenvalue weighted by molar-refractivity contribution is -0.384. The van der Waals surface area contributed by atoms with Crippen LogP contribution in [0.2, 0.25) is 0 Å². The summed E-state index contributed by atoms with van der Waals surface area (Å²) in [5, 5.41) is 16.0. The van der Waals surface area contributed by atoms with Crippen LogP contribution in [0, 0.1) is 24.0 Å². The Balaban J connectivity index is 1.54. The van der Waals surface area contributed by atoms with Crippen LogP contribution >= 0.6 is 11.3 Å². The monoisotopic (exact) mass is 432 g/mol. The zero-order valence-electron chi connectivity index (χ0n) is 17.0. The second kappa shape index (κ2) is 8.53. The van der Waals surface area contributed by atoms with E-state index in [1.807, 2.05) is 23.6 Å². The number of carbonyl (C=O) groups is 1. The molecule has 156 valence electrons. The van der Waals surface area contributed by atoms with Crippen molar-refractivity contribution in [2.75, 3.05) is 5.32 Å². The van der Waals surface area contributed by atoms with Crippen molar-refractivity contribution in [2.24, 2.45) is 0 Å². The van der Waals surface area contributed by atoms with E-state index in [-0.39, 0.29) is 11.3 Å². The number of anilines is 1. The van der Waals surface area contributed by atoms with Crippen LogP contribution in [0.1, 0.15) is 27.3 Å². The van der Waals surface area contributed by atoms with Gasteiger partial charge in [0.1, 0.15) is 0 Å². The molecule has 1 N–H and O–H groups in total. The highest BCUT2D eigenvalue weighted by molar-refractivity contribution is 7.14. The number of nitro benzene ring substituents is 1. The lowest BCUT2D eigenvalue weighted by atomic mass is 10.2. The zero-order valence-corrected chi connectivity index (χ0v) is 17.8. The van der Waals surface area contributed by atoms with Crippen LogP contribution in [0.3, 0.4) is 0 Å². The van der Waals surface area contributed by atoms with Gasteiger partial charge in [-0.3, -0.25) is 20.2 Å². The van der Waals surface area contributed by atoms with E-state index in [1.165, 1.54) is 41.2 Å². The number of non-ortho nitro benzene ring substituents is 1. The molecule has 0 radical (unpaired) electrons. The average molecular weight is 433 g/mol. The van der Waals surface area contributed by atoms with E-state index in [1.54, 1.807) is 0 Å². The van der Waals surface area contributed by atoms with Gasteiger partial charge >= 0.3 is 0 Å². The van der Waals surface area contributed by atoms with Crippen LogP contribution in [0.4, 0.5) is 10.8 Å². The van der Waals surface area contributed by atoms with E-state index in [0.717, 1.165) is 29.2 Å². The summed E-state index contributed by atoms with van der Waals surface area (Å²) in [5.41, 5.74) is 5.34. The first-order valence-corrected chi connectivity index (χ1v) is 10.5. The molecular formula is C23H20N4O3S. The van der Waals surface area contributed by atoms with Crippen molar-refractivity contribution in [1.82, 2.24) is 9.55 Å². The lowest BCUT2D eigenvalue weighted by Gasteiger charge is -2.09. The quantitative estimate of drug-likeness (QED) is 0.325. The Morgan fingerprint density at radius 2 is 1.90 bits per heavy atom. The first-order chi connectivity index (χ1) is 14.9. The van der Waals surface area contributed by atoms with Crippen LogP contribution < -0.4 is 5.32 Å². The molecule has 0 saturated heterocycles. The largest absolute Gasteiger partial charge is 0.344 e. The molecule has 4 rings (SSSR count). The summed E-state index contributed by atoms with van der Waals surface area (Å²) in [6.45, 7) is 4.90. The molecule has 0 bridgehead atoms. The molecule has 0 aliphatic rings. The molecule has 8 heteroatoms. The van der Waals surface area contributed by atoms with Crippen LogP contribution in [0.5, 0.6) is 0 Å². The van der Waals surface area contributed by atoms with Gasteiger partial charge in [0.05, 0.1) is 10.6 Å². The summed E-state index contributed by atoms with van der Waals surface area (Å²) in [7, 11) is 0. The number of nitrogens with one attached hydrogen (secondary N) is 1. The molecule has 2 heterocycles. The molecule has 0 spiro atoms. The van der Waals surface area contributed by atoms with Crippen molar-refractivity contribution in [3.63, 3.8) is 0 Å². The van der Waals surface area contributed by atoms with Gasteiger partial charge in [-0.1, -0.05) is 36.4 Å². The topological polar surface area (TPSA) is 90.1 Å². The van der Waals surface area contributed by atoms with Gasteiger partial charge in [-0.05, 0) is 31.5 Å². The van der Waals surface area contributed by atoms with E-state index >= 15 is 0 Å². The summed E-state index contributed by atoms with van der Waals surface area (Å²) >= 11 is 1.32. The number of thiazole rings is 1. The summed E-state index contributed by atoms with van der Waals surface area (Å²) < 4.78 is 2.24. The highest BCUT2D eigenvalue weighted by Gasteiger charge is 2.16. The molecule has 7 nitrogen and oxygen atoms in total. The maximum Gasteiger partial charge on any atom is 0.270 e. The number of aryl methyl sites for hydroxylation is 1. The minimum absolute atomic E-state index is 0.127. The van der Waals surface area contributed by atoms with Crippen molar-refractivity contribution in [1.29, 1.82) is 0 Å². The molecule has 0 aliphatic carbocycles. The molecule has 0 fully saturated rings. The molecule has 0 unspecified atom stereocenters. The number of hydrogen-bond acceptors (Lipinski definition) is 5. The Morgan fingerprint density at radius 1 is 1.13 bits per heavy atom. The third kappa shape index (κ3) is 4.39. The molecule has 1 amide bonds. The smallest absolute Gasteiger partial charge is 0.270 e. The lowest BCUT2D eigenvalue weighted by Crippen LogP contribution is -2.11. The van der Waals surface area contributed by atoms with Gasteiger partial charge in [0.2, 0.25) is 0 Å². The summed E-state index contributed by atoms with van der Waals surface area (Å²) in [6.07, 6.45) is 0. The van der Waals surface area contributed by atoms with Crippen molar-refractivity contribution < 1.29 is 9.72 Å². The van der Waals surface area contributed by atoms with Crippen molar-refractivity contribution in [3.8, 4) is 11.3 Å². The number of aromatic nitrogens is 2. The van der Waals surface area contributed by atoms with Gasteiger partial charge in [-0.25, -0.2) is 4.98 Å². The van der Waals surface area contributed by atoms with Crippen molar-refractivity contribution >= 4 is 28.1 Å². The van der Waals surface area contributed by atoms with Crippen molar-refractivity contribution in [2.45, 2.75) is 20.4 Å². The summed E-state index contributed by atoms with van der Waals surface area (Å²) in [5.74, 6) is -0.431. The molecule has 0 aliphatic heterocycles. The van der Waals surface area contributed by atoms with Crippen LogP contribution in [0.25, 0.3) is 11.3 Å². The van der Waals surface area contributed by atoms with Crippen LogP contribution in [0.15, 0.2) is 66.0 Å². The highest BCUT2D eigenvalue weighted by atomic mass is 32.1. The number of rotatable bonds is 6. The molecule has 2 aromatic carbocycles. The normalized spacial score (nSPS) is 10.8. The highest BCUT2D eigenvalue weighted by Crippen LogP contribution is 2.30. The van der Waals surface area contributed by atoms with Crippen LogP contribution in [-0.2, 0) is 6.54 Å². The zero-order chi connectivity index (χ0) is 22.0. The van der Waals surface area contributed by atoms with Crippen LogP contribution in [-0.4, -0.2) is 20.4 Å². The number of nitrogens with zero attached hydrogens (tertiary/aromatic N) is 3. The van der Waals surface area contributed by atoms with Gasteiger partial charge < -0.3 is 4.57 Å². The summed E-state index contributed by atoms with van der Waals surface area (Å²) in [4.78, 5) is 27.5. The first-order valence-electron chi connectivity index (χ1n) is 9.64. The molecule has 0 saturated carbocycles. The minimum atomic E-state index is -0.524. The van der Waals surface area contributed by atoms with Gasteiger partial charge in [0, 0.05) is 46.6 Å². The van der Waals surface area contributed by atoms with E-state index in [2.05, 4.69) is 46.9 Å². The molecular weight excluding hydrogens is 412 g/mol. The average Bonchev–Trinajstić information content (AvgIpc) is 3.34. The van der Waals surface area contributed by atoms with Crippen molar-refractivity contribution in [3.05, 3.63) is 98.7 Å². The minimum Gasteiger partial charge on any atom is -0.344 e. The number of hydrogen-bond donors (Lipinski definition) is 1. The Labute approximate surface area is 183 Å². The molecule has 4 aromatic rings. The Hall–Kier alpha value is -3.78. The molecule has 0 atom stereocenters. The summed E-state index contributed by atoms with van der Waals surface area (Å²) in [6, 6.07) is 18.0. The van der Waals surface area contributed by atoms with Gasteiger partial charge in [-0.15, -0.1) is 11.3 Å². The van der Waals surface area contributed by atoms with Gasteiger partial charge in [0.25, 0.3) is 11.6 Å². The SMILES string of the molecule is Cc1cc(-c2csc(NC(=O)c3cccc([N+](=O)[O-])c3)n2)c(C)n1Cc1ccccc1. The number of carbonyl (C=O) groups excluding carboxylic acids is 1.